The number of carbonyl (C=O) groups is 2. The van der Waals surface area contributed by atoms with E-state index in [1.54, 1.807) is 42.5 Å². The Kier molecular flexibility index (Phi) is 7.02. The lowest BCUT2D eigenvalue weighted by Gasteiger charge is -2.13. The summed E-state index contributed by atoms with van der Waals surface area (Å²) in [6, 6.07) is 12.1. The van der Waals surface area contributed by atoms with Gasteiger partial charge in [-0.05, 0) is 65.2 Å². The molecule has 4 nitrogen and oxygen atoms in total. The van der Waals surface area contributed by atoms with Gasteiger partial charge in [0.1, 0.15) is 0 Å². The van der Waals surface area contributed by atoms with E-state index in [-0.39, 0.29) is 17.7 Å². The van der Waals surface area contributed by atoms with Crippen LogP contribution in [0.3, 0.4) is 0 Å². The van der Waals surface area contributed by atoms with Gasteiger partial charge in [0.2, 0.25) is 5.91 Å². The van der Waals surface area contributed by atoms with Gasteiger partial charge in [-0.1, -0.05) is 31.5 Å². The highest BCUT2D eigenvalue weighted by atomic mass is 79.9. The lowest BCUT2D eigenvalue weighted by Crippen LogP contribution is -2.22. The Morgan fingerprint density at radius 1 is 1.04 bits per heavy atom. The molecule has 0 aromatic heterocycles. The van der Waals surface area contributed by atoms with Gasteiger partial charge in [0.15, 0.2) is 0 Å². The molecule has 0 aliphatic carbocycles. The molecule has 2 N–H and O–H groups in total. The maximum Gasteiger partial charge on any atom is 0.255 e. The Morgan fingerprint density at radius 3 is 2.36 bits per heavy atom. The number of anilines is 2. The van der Waals surface area contributed by atoms with E-state index in [1.165, 1.54) is 0 Å². The summed E-state index contributed by atoms with van der Waals surface area (Å²) in [7, 11) is 0. The highest BCUT2D eigenvalue weighted by Gasteiger charge is 2.15. The van der Waals surface area contributed by atoms with Crippen molar-refractivity contribution in [2.24, 2.45) is 5.92 Å². The van der Waals surface area contributed by atoms with Crippen LogP contribution in [-0.2, 0) is 4.79 Å². The van der Waals surface area contributed by atoms with Crippen molar-refractivity contribution in [2.75, 3.05) is 10.6 Å². The van der Waals surface area contributed by atoms with Crippen LogP contribution in [-0.4, -0.2) is 11.8 Å². The molecule has 0 heterocycles. The zero-order chi connectivity index (χ0) is 18.4. The third-order valence-electron chi connectivity index (χ3n) is 3.93. The summed E-state index contributed by atoms with van der Waals surface area (Å²) in [6.07, 6.45) is 1.57. The molecule has 2 aromatic rings. The third-order valence-corrected chi connectivity index (χ3v) is 5.16. The van der Waals surface area contributed by atoms with Gasteiger partial charge in [0.25, 0.3) is 5.91 Å². The lowest BCUT2D eigenvalue weighted by atomic mass is 10.0. The first-order valence-corrected chi connectivity index (χ1v) is 9.29. The van der Waals surface area contributed by atoms with E-state index in [4.69, 9.17) is 11.6 Å². The minimum absolute atomic E-state index is 0.0256. The molecule has 2 amide bonds. The van der Waals surface area contributed by atoms with Crippen molar-refractivity contribution < 1.29 is 9.59 Å². The van der Waals surface area contributed by atoms with Crippen LogP contribution in [0.1, 0.15) is 37.0 Å². The Labute approximate surface area is 161 Å². The first-order valence-electron chi connectivity index (χ1n) is 8.11. The summed E-state index contributed by atoms with van der Waals surface area (Å²) in [5.41, 5.74) is 1.67. The Bertz CT molecular complexity index is 776. The molecule has 25 heavy (non-hydrogen) atoms. The van der Waals surface area contributed by atoms with Gasteiger partial charge in [0, 0.05) is 27.3 Å². The van der Waals surface area contributed by atoms with Crippen LogP contribution in [0, 0.1) is 5.92 Å². The number of nitrogens with one attached hydrogen (secondary N) is 2. The number of halogens is 2. The second-order valence-corrected chi connectivity index (χ2v) is 6.93. The van der Waals surface area contributed by atoms with Crippen molar-refractivity contribution in [3.8, 4) is 0 Å². The molecule has 0 atom stereocenters. The van der Waals surface area contributed by atoms with Gasteiger partial charge in [-0.25, -0.2) is 0 Å². The zero-order valence-electron chi connectivity index (χ0n) is 14.1. The molecule has 0 aliphatic heterocycles. The van der Waals surface area contributed by atoms with E-state index in [2.05, 4.69) is 26.6 Å². The summed E-state index contributed by atoms with van der Waals surface area (Å²) < 4.78 is 0.762. The van der Waals surface area contributed by atoms with Crippen LogP contribution >= 0.6 is 27.5 Å². The van der Waals surface area contributed by atoms with Gasteiger partial charge in [-0.3, -0.25) is 9.59 Å². The minimum atomic E-state index is -0.267. The second kappa shape index (κ2) is 9.02. The molecule has 0 bridgehead atoms. The van der Waals surface area contributed by atoms with E-state index in [0.29, 0.717) is 22.0 Å². The molecular formula is C19H20BrClN2O2. The van der Waals surface area contributed by atoms with Gasteiger partial charge in [-0.2, -0.15) is 0 Å². The van der Waals surface area contributed by atoms with Crippen molar-refractivity contribution in [3.05, 3.63) is 57.5 Å². The molecular weight excluding hydrogens is 404 g/mol. The van der Waals surface area contributed by atoms with Crippen molar-refractivity contribution in [1.29, 1.82) is 0 Å². The van der Waals surface area contributed by atoms with E-state index in [0.717, 1.165) is 17.3 Å². The van der Waals surface area contributed by atoms with E-state index >= 15 is 0 Å². The summed E-state index contributed by atoms with van der Waals surface area (Å²) in [6.45, 7) is 3.97. The lowest BCUT2D eigenvalue weighted by molar-refractivity contribution is -0.120. The highest BCUT2D eigenvalue weighted by molar-refractivity contribution is 9.10. The average molecular weight is 424 g/mol. The quantitative estimate of drug-likeness (QED) is 0.623. The van der Waals surface area contributed by atoms with Crippen molar-refractivity contribution >= 4 is 50.7 Å². The Hall–Kier alpha value is -1.85. The maximum atomic E-state index is 12.4. The number of rotatable bonds is 6. The Balaban J connectivity index is 2.10. The second-order valence-electron chi connectivity index (χ2n) is 5.67. The molecule has 0 radical (unpaired) electrons. The van der Waals surface area contributed by atoms with Crippen LogP contribution in [0.2, 0.25) is 5.02 Å². The highest BCUT2D eigenvalue weighted by Crippen LogP contribution is 2.26. The van der Waals surface area contributed by atoms with Crippen molar-refractivity contribution in [1.82, 2.24) is 0 Å². The predicted molar refractivity (Wildman–Crippen MR) is 106 cm³/mol. The fraction of sp³-hybridized carbons (Fsp3) is 0.263. The standard InChI is InChI=1S/C19H20BrClN2O2/c1-3-12(4-2)18(24)22-14-7-5-6-13(10-14)19(25)23-15-8-9-16(20)17(21)11-15/h5-12H,3-4H2,1-2H3,(H,22,24)(H,23,25). The van der Waals surface area contributed by atoms with Gasteiger partial charge < -0.3 is 10.6 Å². The van der Waals surface area contributed by atoms with E-state index in [9.17, 15) is 9.59 Å². The molecule has 0 saturated carbocycles. The van der Waals surface area contributed by atoms with Crippen LogP contribution in [0.15, 0.2) is 46.9 Å². The summed E-state index contributed by atoms with van der Waals surface area (Å²) in [5.74, 6) is -0.318. The fourth-order valence-corrected chi connectivity index (χ4v) is 2.85. The van der Waals surface area contributed by atoms with Gasteiger partial charge in [-0.15, -0.1) is 0 Å². The zero-order valence-corrected chi connectivity index (χ0v) is 16.4. The molecule has 6 heteroatoms. The summed E-state index contributed by atoms with van der Waals surface area (Å²) >= 11 is 9.35. The SMILES string of the molecule is CCC(CC)C(=O)Nc1cccc(C(=O)Nc2ccc(Br)c(Cl)c2)c1. The number of benzene rings is 2. The topological polar surface area (TPSA) is 58.2 Å². The van der Waals surface area contributed by atoms with Crippen LogP contribution in [0.5, 0.6) is 0 Å². The number of hydrogen-bond acceptors (Lipinski definition) is 2. The van der Waals surface area contributed by atoms with Gasteiger partial charge in [0.05, 0.1) is 5.02 Å². The van der Waals surface area contributed by atoms with Gasteiger partial charge >= 0.3 is 0 Å². The molecule has 0 aliphatic rings. The van der Waals surface area contributed by atoms with Crippen molar-refractivity contribution in [2.45, 2.75) is 26.7 Å². The third kappa shape index (κ3) is 5.31. The molecule has 0 fully saturated rings. The van der Waals surface area contributed by atoms with Crippen LogP contribution in [0.25, 0.3) is 0 Å². The number of carbonyl (C=O) groups excluding carboxylic acids is 2. The van der Waals surface area contributed by atoms with Crippen molar-refractivity contribution in [3.63, 3.8) is 0 Å². The largest absolute Gasteiger partial charge is 0.326 e. The van der Waals surface area contributed by atoms with Crippen LogP contribution < -0.4 is 10.6 Å². The fourth-order valence-electron chi connectivity index (χ4n) is 2.42. The molecule has 0 spiro atoms. The predicted octanol–water partition coefficient (Wildman–Crippen LogP) is 5.73. The maximum absolute atomic E-state index is 12.4. The molecule has 0 unspecified atom stereocenters. The molecule has 0 saturated heterocycles. The first-order chi connectivity index (χ1) is 11.9. The smallest absolute Gasteiger partial charge is 0.255 e. The van der Waals surface area contributed by atoms with E-state index < -0.39 is 0 Å². The minimum Gasteiger partial charge on any atom is -0.326 e. The molecule has 132 valence electrons. The average Bonchev–Trinajstić information content (AvgIpc) is 2.59. The molecule has 2 rings (SSSR count). The molecule has 2 aromatic carbocycles. The summed E-state index contributed by atoms with van der Waals surface area (Å²) in [5, 5.41) is 6.19. The normalized spacial score (nSPS) is 10.6. The monoisotopic (exact) mass is 422 g/mol. The number of hydrogen-bond donors (Lipinski definition) is 2. The Morgan fingerprint density at radius 2 is 1.72 bits per heavy atom. The first kappa shape index (κ1) is 19.5. The number of amides is 2. The van der Waals surface area contributed by atoms with Crippen LogP contribution in [0.4, 0.5) is 11.4 Å². The van der Waals surface area contributed by atoms with E-state index in [1.807, 2.05) is 13.8 Å². The summed E-state index contributed by atoms with van der Waals surface area (Å²) in [4.78, 5) is 24.6.